The molecular formula is C22H26N2O5S. The summed E-state index contributed by atoms with van der Waals surface area (Å²) in [6, 6.07) is 14.3. The first-order chi connectivity index (χ1) is 14.4. The third-order valence-electron chi connectivity index (χ3n) is 5.22. The van der Waals surface area contributed by atoms with Crippen molar-refractivity contribution in [3.63, 3.8) is 0 Å². The van der Waals surface area contributed by atoms with E-state index in [-0.39, 0.29) is 17.5 Å². The Balaban J connectivity index is 1.77. The van der Waals surface area contributed by atoms with E-state index in [0.29, 0.717) is 11.3 Å². The van der Waals surface area contributed by atoms with Crippen LogP contribution in [0, 0.1) is 0 Å². The highest BCUT2D eigenvalue weighted by Gasteiger charge is 2.33. The molecule has 2 aromatic carbocycles. The summed E-state index contributed by atoms with van der Waals surface area (Å²) in [5, 5.41) is 2.72. The molecule has 0 unspecified atom stereocenters. The summed E-state index contributed by atoms with van der Waals surface area (Å²) in [5.41, 5.74) is 0.847. The van der Waals surface area contributed by atoms with Crippen molar-refractivity contribution in [1.29, 1.82) is 0 Å². The Morgan fingerprint density at radius 2 is 1.63 bits per heavy atom. The highest BCUT2D eigenvalue weighted by atomic mass is 32.2. The first-order valence-corrected chi connectivity index (χ1v) is 11.4. The lowest BCUT2D eigenvalue weighted by Crippen LogP contribution is -2.45. The zero-order valence-electron chi connectivity index (χ0n) is 16.9. The van der Waals surface area contributed by atoms with Crippen LogP contribution in [0.25, 0.3) is 0 Å². The molecule has 1 fully saturated rings. The number of rotatable bonds is 7. The summed E-state index contributed by atoms with van der Waals surface area (Å²) in [6.45, 7) is -0.263. The molecule has 0 radical (unpaired) electrons. The molecule has 1 N–H and O–H groups in total. The lowest BCUT2D eigenvalue weighted by Gasteiger charge is -2.33. The van der Waals surface area contributed by atoms with Gasteiger partial charge in [0.05, 0.1) is 24.1 Å². The molecule has 0 aliphatic heterocycles. The van der Waals surface area contributed by atoms with Crippen LogP contribution in [-0.4, -0.2) is 44.3 Å². The summed E-state index contributed by atoms with van der Waals surface area (Å²) in [5.74, 6) is -0.892. The van der Waals surface area contributed by atoms with Crippen molar-refractivity contribution < 1.29 is 22.7 Å². The summed E-state index contributed by atoms with van der Waals surface area (Å²) >= 11 is 0. The van der Waals surface area contributed by atoms with Crippen LogP contribution in [-0.2, 0) is 19.6 Å². The predicted octanol–water partition coefficient (Wildman–Crippen LogP) is 3.44. The molecule has 0 bridgehead atoms. The number of nitrogens with one attached hydrogen (secondary N) is 1. The van der Waals surface area contributed by atoms with Crippen molar-refractivity contribution >= 4 is 27.6 Å². The van der Waals surface area contributed by atoms with Gasteiger partial charge in [-0.15, -0.1) is 0 Å². The molecule has 0 atom stereocenters. The first kappa shape index (κ1) is 22.0. The lowest BCUT2D eigenvalue weighted by molar-refractivity contribution is -0.116. The number of esters is 1. The number of hydrogen-bond acceptors (Lipinski definition) is 5. The van der Waals surface area contributed by atoms with Gasteiger partial charge in [0, 0.05) is 11.7 Å². The van der Waals surface area contributed by atoms with Crippen molar-refractivity contribution in [3.05, 3.63) is 60.2 Å². The number of methoxy groups -OCH3 is 1. The summed E-state index contributed by atoms with van der Waals surface area (Å²) < 4.78 is 32.5. The number of anilines is 1. The smallest absolute Gasteiger partial charge is 0.337 e. The van der Waals surface area contributed by atoms with Crippen molar-refractivity contribution in [1.82, 2.24) is 4.31 Å². The minimum absolute atomic E-state index is 0.186. The van der Waals surface area contributed by atoms with Gasteiger partial charge in [0.25, 0.3) is 0 Å². The largest absolute Gasteiger partial charge is 0.465 e. The number of nitrogens with zero attached hydrogens (tertiary/aromatic N) is 1. The van der Waals surface area contributed by atoms with Crippen LogP contribution in [0.5, 0.6) is 0 Å². The summed E-state index contributed by atoms with van der Waals surface area (Å²) in [7, 11) is -2.50. The van der Waals surface area contributed by atoms with Crippen LogP contribution in [0.15, 0.2) is 59.5 Å². The fourth-order valence-electron chi connectivity index (χ4n) is 3.66. The number of sulfonamides is 1. The number of amides is 1. The van der Waals surface area contributed by atoms with Crippen LogP contribution in [0.4, 0.5) is 5.69 Å². The Morgan fingerprint density at radius 3 is 2.23 bits per heavy atom. The Labute approximate surface area is 177 Å². The van der Waals surface area contributed by atoms with E-state index in [1.54, 1.807) is 54.6 Å². The maximum absolute atomic E-state index is 13.3. The zero-order chi connectivity index (χ0) is 21.6. The maximum Gasteiger partial charge on any atom is 0.337 e. The lowest BCUT2D eigenvalue weighted by atomic mass is 9.95. The highest BCUT2D eigenvalue weighted by Crippen LogP contribution is 2.27. The van der Waals surface area contributed by atoms with Gasteiger partial charge in [0.1, 0.15) is 0 Å². The van der Waals surface area contributed by atoms with Crippen LogP contribution >= 0.6 is 0 Å². The van der Waals surface area contributed by atoms with Crippen LogP contribution in [0.1, 0.15) is 42.5 Å². The van der Waals surface area contributed by atoms with E-state index in [2.05, 4.69) is 10.1 Å². The van der Waals surface area contributed by atoms with Crippen molar-refractivity contribution in [3.8, 4) is 0 Å². The summed E-state index contributed by atoms with van der Waals surface area (Å²) in [6.07, 6.45) is 4.46. The molecule has 0 spiro atoms. The number of benzene rings is 2. The van der Waals surface area contributed by atoms with E-state index in [0.717, 1.165) is 32.1 Å². The third-order valence-corrected chi connectivity index (χ3v) is 7.13. The van der Waals surface area contributed by atoms with Crippen LogP contribution in [0.2, 0.25) is 0 Å². The molecule has 0 heterocycles. The predicted molar refractivity (Wildman–Crippen MR) is 114 cm³/mol. The Hall–Kier alpha value is -2.71. The molecule has 2 aromatic rings. The second-order valence-electron chi connectivity index (χ2n) is 7.27. The van der Waals surface area contributed by atoms with Gasteiger partial charge in [-0.2, -0.15) is 4.31 Å². The summed E-state index contributed by atoms with van der Waals surface area (Å²) in [4.78, 5) is 24.4. The quantitative estimate of drug-likeness (QED) is 0.680. The van der Waals surface area contributed by atoms with E-state index in [1.807, 2.05) is 0 Å². The van der Waals surface area contributed by atoms with E-state index in [4.69, 9.17) is 0 Å². The molecule has 0 saturated heterocycles. The van der Waals surface area contributed by atoms with Gasteiger partial charge in [-0.05, 0) is 49.2 Å². The molecule has 8 heteroatoms. The molecule has 1 aliphatic rings. The average Bonchev–Trinajstić information content (AvgIpc) is 2.78. The van der Waals surface area contributed by atoms with Gasteiger partial charge < -0.3 is 10.1 Å². The highest BCUT2D eigenvalue weighted by molar-refractivity contribution is 7.89. The van der Waals surface area contributed by atoms with Crippen LogP contribution < -0.4 is 5.32 Å². The molecule has 3 rings (SSSR count). The monoisotopic (exact) mass is 430 g/mol. The normalized spacial score (nSPS) is 15.0. The maximum atomic E-state index is 13.3. The second kappa shape index (κ2) is 9.86. The van der Waals surface area contributed by atoms with E-state index >= 15 is 0 Å². The van der Waals surface area contributed by atoms with Gasteiger partial charge in [-0.25, -0.2) is 13.2 Å². The number of hydrogen-bond donors (Lipinski definition) is 1. The van der Waals surface area contributed by atoms with Crippen molar-refractivity contribution in [2.45, 2.75) is 43.0 Å². The minimum atomic E-state index is -3.80. The Morgan fingerprint density at radius 1 is 1.00 bits per heavy atom. The number of ether oxygens (including phenoxy) is 1. The van der Waals surface area contributed by atoms with E-state index in [1.165, 1.54) is 11.4 Å². The topological polar surface area (TPSA) is 92.8 Å². The average molecular weight is 431 g/mol. The number of carbonyl (C=O) groups excluding carboxylic acids is 2. The molecule has 7 nitrogen and oxygen atoms in total. The SMILES string of the molecule is COC(=O)c1ccc(NC(=O)CN(C2CCCCC2)S(=O)(=O)c2ccccc2)cc1. The molecule has 1 aliphatic carbocycles. The third kappa shape index (κ3) is 5.25. The first-order valence-electron chi connectivity index (χ1n) is 9.97. The second-order valence-corrected chi connectivity index (χ2v) is 9.16. The van der Waals surface area contributed by atoms with Gasteiger partial charge in [-0.1, -0.05) is 37.5 Å². The van der Waals surface area contributed by atoms with Gasteiger partial charge in [0.2, 0.25) is 15.9 Å². The molecule has 0 aromatic heterocycles. The van der Waals surface area contributed by atoms with Crippen molar-refractivity contribution in [2.24, 2.45) is 0 Å². The van der Waals surface area contributed by atoms with E-state index in [9.17, 15) is 18.0 Å². The molecule has 1 saturated carbocycles. The Bertz CT molecular complexity index is 968. The zero-order valence-corrected chi connectivity index (χ0v) is 17.7. The molecular weight excluding hydrogens is 404 g/mol. The van der Waals surface area contributed by atoms with E-state index < -0.39 is 21.9 Å². The van der Waals surface area contributed by atoms with Gasteiger partial charge in [0.15, 0.2) is 0 Å². The van der Waals surface area contributed by atoms with Crippen molar-refractivity contribution in [2.75, 3.05) is 19.0 Å². The number of carbonyl (C=O) groups is 2. The molecule has 30 heavy (non-hydrogen) atoms. The minimum Gasteiger partial charge on any atom is -0.465 e. The van der Waals surface area contributed by atoms with Crippen LogP contribution in [0.3, 0.4) is 0 Å². The fraction of sp³-hybridized carbons (Fsp3) is 0.364. The standard InChI is InChI=1S/C22H26N2O5S/c1-29-22(26)17-12-14-18(15-13-17)23-21(25)16-24(19-8-4-2-5-9-19)30(27,28)20-10-6-3-7-11-20/h3,6-7,10-15,19H,2,4-5,8-9,16H2,1H3,(H,23,25). The molecule has 160 valence electrons. The Kier molecular flexibility index (Phi) is 7.23. The van der Waals surface area contributed by atoms with Gasteiger partial charge in [-0.3, -0.25) is 4.79 Å². The fourth-order valence-corrected chi connectivity index (χ4v) is 5.32. The molecule has 1 amide bonds. The van der Waals surface area contributed by atoms with Gasteiger partial charge >= 0.3 is 5.97 Å².